The van der Waals surface area contributed by atoms with Crippen molar-refractivity contribution in [2.45, 2.75) is 13.0 Å². The summed E-state index contributed by atoms with van der Waals surface area (Å²) in [7, 11) is 0. The third-order valence-electron chi connectivity index (χ3n) is 4.67. The molecule has 2 N–H and O–H groups in total. The number of morpholine rings is 1. The maximum atomic E-state index is 13.6. The zero-order valence-electron chi connectivity index (χ0n) is 17.1. The molecule has 0 spiro atoms. The zero-order valence-corrected chi connectivity index (χ0v) is 17.9. The van der Waals surface area contributed by atoms with Gasteiger partial charge in [-0.15, -0.1) is 11.3 Å². The van der Waals surface area contributed by atoms with Crippen LogP contribution in [-0.4, -0.2) is 63.4 Å². The van der Waals surface area contributed by atoms with Crippen LogP contribution in [-0.2, 0) is 4.74 Å². The lowest BCUT2D eigenvalue weighted by atomic mass is 10.2. The normalized spacial score (nSPS) is 16.3. The second kappa shape index (κ2) is 11.8. The van der Waals surface area contributed by atoms with Gasteiger partial charge in [0, 0.05) is 30.6 Å². The van der Waals surface area contributed by atoms with Crippen molar-refractivity contribution in [2.75, 3.05) is 52.5 Å². The van der Waals surface area contributed by atoms with Crippen molar-refractivity contribution in [2.24, 2.45) is 4.99 Å². The highest BCUT2D eigenvalue weighted by atomic mass is 32.1. The van der Waals surface area contributed by atoms with E-state index < -0.39 is 11.6 Å². The number of nitrogens with zero attached hydrogens (tertiary/aromatic N) is 2. The Morgan fingerprint density at radius 1 is 1.27 bits per heavy atom. The van der Waals surface area contributed by atoms with E-state index in [1.165, 1.54) is 17.0 Å². The van der Waals surface area contributed by atoms with Crippen LogP contribution in [0.1, 0.15) is 17.8 Å². The molecule has 6 nitrogen and oxygen atoms in total. The number of halogens is 2. The molecule has 0 bridgehead atoms. The molecule has 1 aliphatic rings. The number of hydrogen-bond acceptors (Lipinski definition) is 5. The first-order valence-electron chi connectivity index (χ1n) is 10.1. The van der Waals surface area contributed by atoms with Crippen LogP contribution < -0.4 is 15.4 Å². The highest BCUT2D eigenvalue weighted by molar-refractivity contribution is 7.10. The summed E-state index contributed by atoms with van der Waals surface area (Å²) in [5, 5.41) is 8.51. The topological polar surface area (TPSA) is 58.1 Å². The van der Waals surface area contributed by atoms with Crippen LogP contribution >= 0.6 is 11.3 Å². The Morgan fingerprint density at radius 3 is 2.80 bits per heavy atom. The van der Waals surface area contributed by atoms with Gasteiger partial charge in [0.05, 0.1) is 32.3 Å². The van der Waals surface area contributed by atoms with Gasteiger partial charge < -0.3 is 20.1 Å². The monoisotopic (exact) mass is 438 g/mol. The van der Waals surface area contributed by atoms with E-state index in [-0.39, 0.29) is 18.4 Å². The maximum Gasteiger partial charge on any atom is 0.191 e. The number of guanidine groups is 1. The Labute approximate surface area is 179 Å². The highest BCUT2D eigenvalue weighted by Gasteiger charge is 2.23. The number of hydrogen-bond donors (Lipinski definition) is 2. The maximum absolute atomic E-state index is 13.6. The highest BCUT2D eigenvalue weighted by Crippen LogP contribution is 2.26. The zero-order chi connectivity index (χ0) is 21.2. The average Bonchev–Trinajstić information content (AvgIpc) is 3.28. The Hall–Kier alpha value is -2.23. The molecule has 164 valence electrons. The summed E-state index contributed by atoms with van der Waals surface area (Å²) in [6, 6.07) is 7.68. The molecule has 1 aromatic carbocycles. The van der Waals surface area contributed by atoms with Gasteiger partial charge in [0.25, 0.3) is 0 Å². The molecule has 1 aromatic heterocycles. The summed E-state index contributed by atoms with van der Waals surface area (Å²) >= 11 is 1.74. The summed E-state index contributed by atoms with van der Waals surface area (Å²) in [6.07, 6.45) is 0. The van der Waals surface area contributed by atoms with Gasteiger partial charge in [0.15, 0.2) is 17.5 Å². The first kappa shape index (κ1) is 22.5. The van der Waals surface area contributed by atoms with Crippen molar-refractivity contribution in [3.05, 3.63) is 52.2 Å². The molecule has 1 unspecified atom stereocenters. The minimum absolute atomic E-state index is 0.0326. The summed E-state index contributed by atoms with van der Waals surface area (Å²) in [5.74, 6) is -0.624. The SMILES string of the molecule is CCNC(=NCC(c1cccs1)N1CCOCC1)NCCOc1ccc(F)cc1F. The Balaban J connectivity index is 1.55. The average molecular weight is 439 g/mol. The summed E-state index contributed by atoms with van der Waals surface area (Å²) < 4.78 is 37.5. The molecule has 1 saturated heterocycles. The number of benzene rings is 1. The fourth-order valence-electron chi connectivity index (χ4n) is 3.20. The lowest BCUT2D eigenvalue weighted by molar-refractivity contribution is 0.0186. The Kier molecular flexibility index (Phi) is 8.85. The number of ether oxygens (including phenoxy) is 2. The van der Waals surface area contributed by atoms with E-state index in [1.807, 2.05) is 6.92 Å². The lowest BCUT2D eigenvalue weighted by Gasteiger charge is -2.33. The van der Waals surface area contributed by atoms with Crippen LogP contribution in [0.3, 0.4) is 0 Å². The second-order valence-electron chi connectivity index (χ2n) is 6.75. The summed E-state index contributed by atoms with van der Waals surface area (Å²) in [5.41, 5.74) is 0. The third kappa shape index (κ3) is 6.65. The van der Waals surface area contributed by atoms with Gasteiger partial charge in [0.2, 0.25) is 0 Å². The van der Waals surface area contributed by atoms with Crippen LogP contribution in [0.25, 0.3) is 0 Å². The molecule has 3 rings (SSSR count). The van der Waals surface area contributed by atoms with E-state index in [2.05, 4.69) is 33.0 Å². The number of rotatable bonds is 9. The molecular weight excluding hydrogens is 410 g/mol. The van der Waals surface area contributed by atoms with Gasteiger partial charge >= 0.3 is 0 Å². The van der Waals surface area contributed by atoms with Crippen LogP contribution in [0.4, 0.5) is 8.78 Å². The number of aliphatic imine (C=N–C) groups is 1. The molecule has 0 aliphatic carbocycles. The van der Waals surface area contributed by atoms with Gasteiger partial charge in [0.1, 0.15) is 12.4 Å². The Morgan fingerprint density at radius 2 is 2.10 bits per heavy atom. The van der Waals surface area contributed by atoms with Crippen molar-refractivity contribution < 1.29 is 18.3 Å². The van der Waals surface area contributed by atoms with E-state index in [0.717, 1.165) is 38.9 Å². The molecule has 0 saturated carbocycles. The van der Waals surface area contributed by atoms with Gasteiger partial charge in [-0.3, -0.25) is 9.89 Å². The molecule has 30 heavy (non-hydrogen) atoms. The predicted octanol–water partition coefficient (Wildman–Crippen LogP) is 3.03. The number of nitrogens with one attached hydrogen (secondary N) is 2. The fourth-order valence-corrected chi connectivity index (χ4v) is 4.05. The molecule has 0 radical (unpaired) electrons. The van der Waals surface area contributed by atoms with Crippen molar-refractivity contribution in [3.8, 4) is 5.75 Å². The van der Waals surface area contributed by atoms with Gasteiger partial charge in [-0.1, -0.05) is 6.07 Å². The van der Waals surface area contributed by atoms with Crippen LogP contribution in [0, 0.1) is 11.6 Å². The molecule has 0 amide bonds. The predicted molar refractivity (Wildman–Crippen MR) is 115 cm³/mol. The van der Waals surface area contributed by atoms with E-state index in [4.69, 9.17) is 14.5 Å². The third-order valence-corrected chi connectivity index (χ3v) is 5.64. The first-order chi connectivity index (χ1) is 14.7. The standard InChI is InChI=1S/C21H28F2N4O2S/c1-2-24-21(25-7-10-29-19-6-5-16(22)14-17(19)23)26-15-18(20-4-3-13-30-20)27-8-11-28-12-9-27/h3-6,13-14,18H,2,7-12,15H2,1H3,(H2,24,25,26). The number of thiophene rings is 1. The largest absolute Gasteiger partial charge is 0.489 e. The van der Waals surface area contributed by atoms with Crippen LogP contribution in [0.2, 0.25) is 0 Å². The van der Waals surface area contributed by atoms with Gasteiger partial charge in [-0.05, 0) is 30.5 Å². The molecule has 1 atom stereocenters. The molecular formula is C21H28F2N4O2S. The van der Waals surface area contributed by atoms with Crippen molar-refractivity contribution in [1.82, 2.24) is 15.5 Å². The second-order valence-corrected chi connectivity index (χ2v) is 7.73. The fraction of sp³-hybridized carbons (Fsp3) is 0.476. The van der Waals surface area contributed by atoms with Crippen molar-refractivity contribution in [3.63, 3.8) is 0 Å². The van der Waals surface area contributed by atoms with Crippen molar-refractivity contribution in [1.29, 1.82) is 0 Å². The van der Waals surface area contributed by atoms with E-state index in [0.29, 0.717) is 19.0 Å². The van der Waals surface area contributed by atoms with Gasteiger partial charge in [-0.2, -0.15) is 0 Å². The van der Waals surface area contributed by atoms with E-state index >= 15 is 0 Å². The minimum Gasteiger partial charge on any atom is -0.489 e. The molecule has 2 heterocycles. The van der Waals surface area contributed by atoms with E-state index in [1.54, 1.807) is 11.3 Å². The molecule has 1 fully saturated rings. The van der Waals surface area contributed by atoms with Gasteiger partial charge in [-0.25, -0.2) is 8.78 Å². The molecule has 2 aromatic rings. The first-order valence-corrected chi connectivity index (χ1v) is 11.0. The molecule has 1 aliphatic heterocycles. The van der Waals surface area contributed by atoms with Crippen LogP contribution in [0.5, 0.6) is 5.75 Å². The Bertz CT molecular complexity index is 798. The molecule has 9 heteroatoms. The smallest absolute Gasteiger partial charge is 0.191 e. The van der Waals surface area contributed by atoms with E-state index in [9.17, 15) is 8.78 Å². The minimum atomic E-state index is -0.708. The summed E-state index contributed by atoms with van der Waals surface area (Å²) in [6.45, 7) is 7.25. The quantitative estimate of drug-likeness (QED) is 0.358. The summed E-state index contributed by atoms with van der Waals surface area (Å²) in [4.78, 5) is 8.45. The lowest BCUT2D eigenvalue weighted by Crippen LogP contribution is -2.42. The van der Waals surface area contributed by atoms with Crippen LogP contribution in [0.15, 0.2) is 40.7 Å². The van der Waals surface area contributed by atoms with Crippen molar-refractivity contribution >= 4 is 17.3 Å².